The largest absolute Gasteiger partial charge is 0.462 e. The van der Waals surface area contributed by atoms with Crippen LogP contribution in [-0.4, -0.2) is 15.9 Å². The first-order chi connectivity index (χ1) is 13.7. The van der Waals surface area contributed by atoms with Crippen molar-refractivity contribution in [3.05, 3.63) is 95.7 Å². The molecule has 0 unspecified atom stereocenters. The number of carbonyl (C=O) groups excluding carboxylic acids is 1. The van der Waals surface area contributed by atoms with Crippen LogP contribution in [0.3, 0.4) is 0 Å². The van der Waals surface area contributed by atoms with Gasteiger partial charge in [-0.1, -0.05) is 42.5 Å². The Morgan fingerprint density at radius 2 is 1.89 bits per heavy atom. The first kappa shape index (κ1) is 17.8. The fraction of sp³-hybridized carbons (Fsp3) is 0.130. The summed E-state index contributed by atoms with van der Waals surface area (Å²) in [4.78, 5) is 20.5. The van der Waals surface area contributed by atoms with Crippen LogP contribution in [0, 0.1) is 6.92 Å². The van der Waals surface area contributed by atoms with Crippen LogP contribution in [0.15, 0.2) is 77.2 Å². The van der Waals surface area contributed by atoms with Crippen molar-refractivity contribution in [2.75, 3.05) is 0 Å². The third-order valence-corrected chi connectivity index (χ3v) is 4.50. The van der Waals surface area contributed by atoms with Gasteiger partial charge in [0.05, 0.1) is 17.1 Å². The van der Waals surface area contributed by atoms with Gasteiger partial charge in [-0.15, -0.1) is 0 Å². The lowest BCUT2D eigenvalue weighted by Crippen LogP contribution is -2.29. The van der Waals surface area contributed by atoms with E-state index in [-0.39, 0.29) is 11.9 Å². The number of aromatic amines is 1. The van der Waals surface area contributed by atoms with Crippen molar-refractivity contribution in [1.29, 1.82) is 0 Å². The van der Waals surface area contributed by atoms with Crippen LogP contribution in [0.2, 0.25) is 0 Å². The lowest BCUT2D eigenvalue weighted by molar-refractivity contribution is -0.117. The zero-order valence-electron chi connectivity index (χ0n) is 15.6. The van der Waals surface area contributed by atoms with Gasteiger partial charge in [0, 0.05) is 6.08 Å². The number of fused-ring (bicyclic) bond motifs is 1. The average Bonchev–Trinajstić information content (AvgIpc) is 3.32. The first-order valence-corrected chi connectivity index (χ1v) is 9.21. The van der Waals surface area contributed by atoms with Gasteiger partial charge in [0.2, 0.25) is 5.91 Å². The van der Waals surface area contributed by atoms with Crippen LogP contribution in [0.4, 0.5) is 0 Å². The van der Waals surface area contributed by atoms with Gasteiger partial charge in [0.25, 0.3) is 0 Å². The molecule has 4 rings (SSSR count). The van der Waals surface area contributed by atoms with Gasteiger partial charge in [-0.3, -0.25) is 4.79 Å². The Labute approximate surface area is 163 Å². The highest BCUT2D eigenvalue weighted by Crippen LogP contribution is 2.20. The highest BCUT2D eigenvalue weighted by molar-refractivity contribution is 5.91. The van der Waals surface area contributed by atoms with Gasteiger partial charge in [0.1, 0.15) is 17.3 Å². The van der Waals surface area contributed by atoms with E-state index in [0.717, 1.165) is 28.2 Å². The van der Waals surface area contributed by atoms with Crippen LogP contribution in [0.5, 0.6) is 0 Å². The molecule has 2 N–H and O–H groups in total. The molecule has 1 atom stereocenters. The van der Waals surface area contributed by atoms with Gasteiger partial charge in [-0.2, -0.15) is 0 Å². The number of aryl methyl sites for hydroxylation is 1. The summed E-state index contributed by atoms with van der Waals surface area (Å²) in [6.45, 7) is 1.87. The van der Waals surface area contributed by atoms with E-state index >= 15 is 0 Å². The Hall–Kier alpha value is -3.60. The van der Waals surface area contributed by atoms with Crippen molar-refractivity contribution < 1.29 is 9.21 Å². The number of carbonyl (C=O) groups is 1. The monoisotopic (exact) mass is 371 g/mol. The van der Waals surface area contributed by atoms with E-state index in [2.05, 4.69) is 15.3 Å². The Morgan fingerprint density at radius 1 is 1.11 bits per heavy atom. The highest BCUT2D eigenvalue weighted by Gasteiger charge is 2.18. The number of hydrogen-bond acceptors (Lipinski definition) is 3. The maximum Gasteiger partial charge on any atom is 0.244 e. The molecule has 2 aromatic heterocycles. The normalized spacial score (nSPS) is 12.5. The zero-order valence-corrected chi connectivity index (χ0v) is 15.6. The number of aromatic nitrogens is 2. The number of benzene rings is 2. The fourth-order valence-corrected chi connectivity index (χ4v) is 3.12. The minimum atomic E-state index is -0.273. The number of hydrogen-bond donors (Lipinski definition) is 2. The van der Waals surface area contributed by atoms with E-state index in [9.17, 15) is 4.79 Å². The van der Waals surface area contributed by atoms with Crippen molar-refractivity contribution >= 4 is 23.0 Å². The van der Waals surface area contributed by atoms with Crippen molar-refractivity contribution in [1.82, 2.24) is 15.3 Å². The number of rotatable bonds is 6. The Kier molecular flexibility index (Phi) is 5.06. The topological polar surface area (TPSA) is 70.9 Å². The molecule has 0 aliphatic carbocycles. The van der Waals surface area contributed by atoms with Crippen LogP contribution in [-0.2, 0) is 11.2 Å². The van der Waals surface area contributed by atoms with E-state index in [4.69, 9.17) is 4.42 Å². The fourth-order valence-electron chi connectivity index (χ4n) is 3.12. The summed E-state index contributed by atoms with van der Waals surface area (Å²) in [6.07, 6.45) is 3.79. The third kappa shape index (κ3) is 4.20. The molecular weight excluding hydrogens is 350 g/mol. The minimum Gasteiger partial charge on any atom is -0.462 e. The number of nitrogens with one attached hydrogen (secondary N) is 2. The number of H-pyrrole nitrogens is 1. The molecule has 2 aromatic carbocycles. The van der Waals surface area contributed by atoms with Gasteiger partial charge >= 0.3 is 0 Å². The van der Waals surface area contributed by atoms with Crippen molar-refractivity contribution in [3.63, 3.8) is 0 Å². The van der Waals surface area contributed by atoms with E-state index in [0.29, 0.717) is 12.2 Å². The standard InChI is InChI=1S/C23H21N3O2/c1-16-11-12-18(28-16)13-14-22(27)24-21(15-17-7-3-2-4-8-17)23-25-19-9-5-6-10-20(19)26-23/h2-14,21H,15H2,1H3,(H,24,27)(H,25,26)/t21-/m0/s1. The third-order valence-electron chi connectivity index (χ3n) is 4.50. The molecule has 0 saturated carbocycles. The summed E-state index contributed by atoms with van der Waals surface area (Å²) in [5, 5.41) is 3.06. The molecule has 140 valence electrons. The summed E-state index contributed by atoms with van der Waals surface area (Å²) in [5.74, 6) is 2.00. The Bertz CT molecular complexity index is 1080. The van der Waals surface area contributed by atoms with Crippen LogP contribution in [0.1, 0.15) is 29.0 Å². The second kappa shape index (κ2) is 7.96. The first-order valence-electron chi connectivity index (χ1n) is 9.21. The lowest BCUT2D eigenvalue weighted by atomic mass is 10.1. The van der Waals surface area contributed by atoms with Gasteiger partial charge in [0.15, 0.2) is 0 Å². The SMILES string of the molecule is Cc1ccc(C=CC(=O)N[C@@H](Cc2ccccc2)c2nc3ccccc3[nH]2)o1. The van der Waals surface area contributed by atoms with E-state index < -0.39 is 0 Å². The quantitative estimate of drug-likeness (QED) is 0.488. The number of amides is 1. The smallest absolute Gasteiger partial charge is 0.244 e. The maximum atomic E-state index is 12.5. The molecule has 5 heteroatoms. The van der Waals surface area contributed by atoms with Crippen molar-refractivity contribution in [2.45, 2.75) is 19.4 Å². The molecule has 0 bridgehead atoms. The van der Waals surface area contributed by atoms with Crippen LogP contribution in [0.25, 0.3) is 17.1 Å². The summed E-state index contributed by atoms with van der Waals surface area (Å²) >= 11 is 0. The van der Waals surface area contributed by atoms with Crippen LogP contribution < -0.4 is 5.32 Å². The van der Waals surface area contributed by atoms with Crippen molar-refractivity contribution in [2.24, 2.45) is 0 Å². The summed E-state index contributed by atoms with van der Waals surface area (Å²) in [5.41, 5.74) is 2.96. The molecule has 0 spiro atoms. The minimum absolute atomic E-state index is 0.199. The summed E-state index contributed by atoms with van der Waals surface area (Å²) < 4.78 is 5.47. The van der Waals surface area contributed by atoms with Crippen molar-refractivity contribution in [3.8, 4) is 0 Å². The van der Waals surface area contributed by atoms with E-state index in [1.54, 1.807) is 6.08 Å². The molecule has 0 radical (unpaired) electrons. The average molecular weight is 371 g/mol. The summed E-state index contributed by atoms with van der Waals surface area (Å²) in [7, 11) is 0. The second-order valence-electron chi connectivity index (χ2n) is 6.67. The molecule has 0 saturated heterocycles. The molecule has 0 aliphatic rings. The number of para-hydroxylation sites is 2. The number of furan rings is 1. The predicted octanol–water partition coefficient (Wildman–Crippen LogP) is 4.58. The van der Waals surface area contributed by atoms with Gasteiger partial charge in [-0.25, -0.2) is 4.98 Å². The molecular formula is C23H21N3O2. The Balaban J connectivity index is 1.57. The molecule has 2 heterocycles. The van der Waals surface area contributed by atoms with Crippen LogP contribution >= 0.6 is 0 Å². The van der Waals surface area contributed by atoms with Gasteiger partial charge in [-0.05, 0) is 49.2 Å². The molecule has 0 aliphatic heterocycles. The molecule has 0 fully saturated rings. The maximum absolute atomic E-state index is 12.5. The molecule has 28 heavy (non-hydrogen) atoms. The molecule has 1 amide bonds. The number of nitrogens with zero attached hydrogens (tertiary/aromatic N) is 1. The highest BCUT2D eigenvalue weighted by atomic mass is 16.3. The lowest BCUT2D eigenvalue weighted by Gasteiger charge is -2.16. The van der Waals surface area contributed by atoms with Gasteiger partial charge < -0.3 is 14.7 Å². The molecule has 5 nitrogen and oxygen atoms in total. The van der Waals surface area contributed by atoms with E-state index in [1.807, 2.05) is 73.7 Å². The predicted molar refractivity (Wildman–Crippen MR) is 110 cm³/mol. The summed E-state index contributed by atoms with van der Waals surface area (Å²) in [6, 6.07) is 21.3. The van der Waals surface area contributed by atoms with E-state index in [1.165, 1.54) is 6.08 Å². The Morgan fingerprint density at radius 3 is 2.64 bits per heavy atom. The second-order valence-corrected chi connectivity index (χ2v) is 6.67. The number of imidazole rings is 1. The zero-order chi connectivity index (χ0) is 19.3. The molecule has 4 aromatic rings.